The molecule has 0 bridgehead atoms. The van der Waals surface area contributed by atoms with Crippen LogP contribution in [-0.4, -0.2) is 0 Å². The fourth-order valence-electron chi connectivity index (χ4n) is 10.5. The van der Waals surface area contributed by atoms with E-state index in [9.17, 15) is 0 Å². The number of hydrogen-bond donors (Lipinski definition) is 0. The summed E-state index contributed by atoms with van der Waals surface area (Å²) in [6, 6.07) is 75.0. The molecule has 12 rings (SSSR count). The Hall–Kier alpha value is -6.74. The topological polar surface area (TPSA) is 3.24 Å². The molecule has 0 N–H and O–H groups in total. The van der Waals surface area contributed by atoms with Crippen LogP contribution in [0.3, 0.4) is 0 Å². The van der Waals surface area contributed by atoms with Gasteiger partial charge in [0.15, 0.2) is 0 Å². The van der Waals surface area contributed by atoms with Gasteiger partial charge in [-0.1, -0.05) is 178 Å². The van der Waals surface area contributed by atoms with Crippen LogP contribution in [0.1, 0.15) is 47.2 Å². The number of fused-ring (bicyclic) bond motifs is 11. The first-order chi connectivity index (χ1) is 28.5. The van der Waals surface area contributed by atoms with Crippen LogP contribution in [0.5, 0.6) is 0 Å². The van der Waals surface area contributed by atoms with Crippen molar-refractivity contribution in [1.82, 2.24) is 0 Å². The molecular weight excluding hydrogens is 719 g/mol. The van der Waals surface area contributed by atoms with Gasteiger partial charge in [0.1, 0.15) is 0 Å². The van der Waals surface area contributed by atoms with Gasteiger partial charge < -0.3 is 4.90 Å². The number of rotatable bonds is 5. The summed E-state index contributed by atoms with van der Waals surface area (Å²) in [6.45, 7) is 4.75. The molecule has 0 atom stereocenters. The van der Waals surface area contributed by atoms with Crippen LogP contribution >= 0.6 is 11.3 Å². The van der Waals surface area contributed by atoms with Crippen molar-refractivity contribution in [1.29, 1.82) is 0 Å². The predicted octanol–water partition coefficient (Wildman–Crippen LogP) is 15.3. The molecule has 0 fully saturated rings. The van der Waals surface area contributed by atoms with Crippen LogP contribution < -0.4 is 4.90 Å². The zero-order valence-electron chi connectivity index (χ0n) is 32.4. The fraction of sp³-hybridized carbons (Fsp3) is 0.0714. The second-order valence-corrected chi connectivity index (χ2v) is 17.5. The molecule has 10 aromatic rings. The van der Waals surface area contributed by atoms with Crippen molar-refractivity contribution in [2.24, 2.45) is 0 Å². The van der Waals surface area contributed by atoms with E-state index < -0.39 is 5.41 Å². The van der Waals surface area contributed by atoms with Crippen LogP contribution in [0.25, 0.3) is 53.2 Å². The lowest BCUT2D eigenvalue weighted by Gasteiger charge is -2.34. The van der Waals surface area contributed by atoms with Crippen molar-refractivity contribution in [3.63, 3.8) is 0 Å². The van der Waals surface area contributed by atoms with Crippen LogP contribution in [-0.2, 0) is 10.8 Å². The van der Waals surface area contributed by atoms with Crippen molar-refractivity contribution in [3.05, 3.63) is 234 Å². The summed E-state index contributed by atoms with van der Waals surface area (Å²) in [5, 5.41) is 5.09. The molecule has 2 aliphatic carbocycles. The van der Waals surface area contributed by atoms with Gasteiger partial charge >= 0.3 is 0 Å². The molecule has 1 nitrogen and oxygen atoms in total. The molecule has 0 radical (unpaired) electrons. The Morgan fingerprint density at radius 2 is 1.03 bits per heavy atom. The monoisotopic (exact) mass is 757 g/mol. The molecule has 0 saturated carbocycles. The summed E-state index contributed by atoms with van der Waals surface area (Å²) in [5.41, 5.74) is 16.1. The standard InChI is InChI=1S/C56H39NS/c1-55(2)47-25-13-11-23-42(47)43-30-28-40(35-50(43)55)57(51-26-15-17-36-16-9-10-22-41(36)51)39-29-32-48-46(34-39)53-49(33-31-45-44-24-12-14-27-52(44)58-54(45)53)56(48,37-18-5-3-6-19-37)38-20-7-4-8-21-38/h3-35H,1-2H3. The minimum Gasteiger partial charge on any atom is -0.310 e. The van der Waals surface area contributed by atoms with Crippen LogP contribution in [0.2, 0.25) is 0 Å². The molecule has 9 aromatic carbocycles. The summed E-state index contributed by atoms with van der Waals surface area (Å²) >= 11 is 1.92. The minimum atomic E-state index is -0.496. The molecular formula is C56H39NS. The highest BCUT2D eigenvalue weighted by Gasteiger charge is 2.47. The van der Waals surface area contributed by atoms with E-state index >= 15 is 0 Å². The van der Waals surface area contributed by atoms with Gasteiger partial charge in [-0.15, -0.1) is 11.3 Å². The van der Waals surface area contributed by atoms with Gasteiger partial charge in [-0.3, -0.25) is 0 Å². The molecule has 1 heterocycles. The predicted molar refractivity (Wildman–Crippen MR) is 246 cm³/mol. The highest BCUT2D eigenvalue weighted by atomic mass is 32.1. The molecule has 0 aliphatic heterocycles. The Kier molecular flexibility index (Phi) is 7.13. The summed E-state index contributed by atoms with van der Waals surface area (Å²) in [4.78, 5) is 2.51. The largest absolute Gasteiger partial charge is 0.310 e. The van der Waals surface area contributed by atoms with E-state index in [-0.39, 0.29) is 5.41 Å². The number of nitrogens with zero attached hydrogens (tertiary/aromatic N) is 1. The van der Waals surface area contributed by atoms with E-state index in [1.807, 2.05) is 11.3 Å². The van der Waals surface area contributed by atoms with Crippen molar-refractivity contribution in [2.75, 3.05) is 4.90 Å². The third kappa shape index (κ3) is 4.52. The zero-order valence-corrected chi connectivity index (χ0v) is 33.2. The Bertz CT molecular complexity index is 3220. The number of benzene rings is 9. The minimum absolute atomic E-state index is 0.124. The number of hydrogen-bond acceptors (Lipinski definition) is 2. The lowest BCUT2D eigenvalue weighted by molar-refractivity contribution is 0.660. The molecule has 274 valence electrons. The van der Waals surface area contributed by atoms with Crippen LogP contribution in [0.4, 0.5) is 17.1 Å². The molecule has 1 aromatic heterocycles. The van der Waals surface area contributed by atoms with Gasteiger partial charge in [0, 0.05) is 47.9 Å². The lowest BCUT2D eigenvalue weighted by atomic mass is 9.67. The quantitative estimate of drug-likeness (QED) is 0.169. The van der Waals surface area contributed by atoms with Crippen molar-refractivity contribution < 1.29 is 0 Å². The Morgan fingerprint density at radius 1 is 0.414 bits per heavy atom. The van der Waals surface area contributed by atoms with Gasteiger partial charge in [0.25, 0.3) is 0 Å². The van der Waals surface area contributed by atoms with E-state index in [4.69, 9.17) is 0 Å². The molecule has 0 spiro atoms. The summed E-state index contributed by atoms with van der Waals surface area (Å²) in [5.74, 6) is 0. The normalized spacial score (nSPS) is 14.3. The highest BCUT2D eigenvalue weighted by Crippen LogP contribution is 2.60. The maximum Gasteiger partial charge on any atom is 0.0714 e. The summed E-state index contributed by atoms with van der Waals surface area (Å²) < 4.78 is 2.67. The van der Waals surface area contributed by atoms with Gasteiger partial charge in [0.2, 0.25) is 0 Å². The molecule has 0 unspecified atom stereocenters. The Balaban J connectivity index is 1.17. The zero-order chi connectivity index (χ0) is 38.6. The Labute approximate surface area is 343 Å². The first-order valence-corrected chi connectivity index (χ1v) is 21.1. The maximum atomic E-state index is 2.51. The first-order valence-electron chi connectivity index (χ1n) is 20.3. The lowest BCUT2D eigenvalue weighted by Crippen LogP contribution is -2.28. The average molecular weight is 758 g/mol. The fourth-order valence-corrected chi connectivity index (χ4v) is 11.8. The molecule has 2 aliphatic rings. The Morgan fingerprint density at radius 3 is 1.84 bits per heavy atom. The van der Waals surface area contributed by atoms with Crippen LogP contribution in [0.15, 0.2) is 200 Å². The second-order valence-electron chi connectivity index (χ2n) is 16.4. The van der Waals surface area contributed by atoms with Crippen LogP contribution in [0, 0.1) is 0 Å². The van der Waals surface area contributed by atoms with Gasteiger partial charge in [-0.05, 0) is 91.9 Å². The van der Waals surface area contributed by atoms with E-state index in [2.05, 4.69) is 219 Å². The SMILES string of the molecule is CC1(C)c2ccccc2-c2ccc(N(c3ccc4c(c3)-c3c(ccc5c3sc3ccccc35)C4(c3ccccc3)c3ccccc3)c3cccc4ccccc34)cc21. The van der Waals surface area contributed by atoms with Crippen molar-refractivity contribution >= 4 is 59.3 Å². The average Bonchev–Trinajstić information content (AvgIpc) is 3.88. The third-order valence-electron chi connectivity index (χ3n) is 13.1. The van der Waals surface area contributed by atoms with Gasteiger partial charge in [-0.25, -0.2) is 0 Å². The van der Waals surface area contributed by atoms with Crippen molar-refractivity contribution in [2.45, 2.75) is 24.7 Å². The maximum absolute atomic E-state index is 2.51. The van der Waals surface area contributed by atoms with Crippen molar-refractivity contribution in [3.8, 4) is 22.3 Å². The summed E-state index contributed by atoms with van der Waals surface area (Å²) in [6.07, 6.45) is 0. The van der Waals surface area contributed by atoms with E-state index in [1.165, 1.54) is 92.3 Å². The summed E-state index contributed by atoms with van der Waals surface area (Å²) in [7, 11) is 0. The first kappa shape index (κ1) is 33.4. The van der Waals surface area contributed by atoms with E-state index in [1.54, 1.807) is 0 Å². The number of thiophene rings is 1. The molecule has 58 heavy (non-hydrogen) atoms. The molecule has 2 heteroatoms. The smallest absolute Gasteiger partial charge is 0.0714 e. The number of anilines is 3. The van der Waals surface area contributed by atoms with E-state index in [0.29, 0.717) is 0 Å². The highest BCUT2D eigenvalue weighted by molar-refractivity contribution is 7.26. The van der Waals surface area contributed by atoms with Gasteiger partial charge in [0.05, 0.1) is 11.1 Å². The second kappa shape index (κ2) is 12.4. The molecule has 0 saturated heterocycles. The molecule has 0 amide bonds. The van der Waals surface area contributed by atoms with E-state index in [0.717, 1.165) is 11.4 Å². The van der Waals surface area contributed by atoms with Gasteiger partial charge in [-0.2, -0.15) is 0 Å². The third-order valence-corrected chi connectivity index (χ3v) is 14.3.